The molecule has 0 aliphatic heterocycles. The van der Waals surface area contributed by atoms with E-state index >= 15 is 0 Å². The summed E-state index contributed by atoms with van der Waals surface area (Å²) in [6.45, 7) is 0. The van der Waals surface area contributed by atoms with Gasteiger partial charge in [0.05, 0.1) is 23.1 Å². The molecule has 0 amide bonds. The Balaban J connectivity index is 2.13. The summed E-state index contributed by atoms with van der Waals surface area (Å²) in [5.41, 5.74) is 0.282. The second-order valence-corrected chi connectivity index (χ2v) is 6.20. The normalized spacial score (nSPS) is 11.4. The molecule has 0 heterocycles. The molecule has 0 saturated carbocycles. The van der Waals surface area contributed by atoms with Crippen LogP contribution >= 0.6 is 0 Å². The number of nitrogens with zero attached hydrogens (tertiary/aromatic N) is 2. The van der Waals surface area contributed by atoms with E-state index in [-0.39, 0.29) is 22.1 Å². The fraction of sp³-hybridized carbons (Fsp3) is 0.0714. The maximum absolute atomic E-state index is 12.0. The minimum atomic E-state index is -3.95. The summed E-state index contributed by atoms with van der Waals surface area (Å²) in [5, 5.41) is 23.6. The number of nitrogens with one attached hydrogen (secondary N) is 1. The molecule has 2 aromatic rings. The van der Waals surface area contributed by atoms with Crippen LogP contribution in [0.3, 0.4) is 0 Å². The molecule has 2 N–H and O–H groups in total. The van der Waals surface area contributed by atoms with Crippen LogP contribution in [0.1, 0.15) is 5.56 Å². The third-order valence-electron chi connectivity index (χ3n) is 2.95. The van der Waals surface area contributed by atoms with E-state index < -0.39 is 14.9 Å². The van der Waals surface area contributed by atoms with Crippen LogP contribution in [0.4, 0.5) is 5.69 Å². The minimum Gasteiger partial charge on any atom is -0.504 e. The summed E-state index contributed by atoms with van der Waals surface area (Å²) in [4.78, 5) is 11.8. The standard InChI is InChI=1S/C14H13N3O6S/c1-23-14-8-10(2-7-13(14)18)9-15-16-24(21,22)12-5-3-11(4-6-12)17(19)20/h2-9,16,18H,1H3/b15-9-. The van der Waals surface area contributed by atoms with Gasteiger partial charge >= 0.3 is 0 Å². The number of non-ortho nitro benzene ring substituents is 1. The first-order chi connectivity index (χ1) is 11.3. The van der Waals surface area contributed by atoms with E-state index in [1.807, 2.05) is 4.83 Å². The molecule has 0 aromatic heterocycles. The molecule has 2 rings (SSSR count). The highest BCUT2D eigenvalue weighted by atomic mass is 32.2. The lowest BCUT2D eigenvalue weighted by molar-refractivity contribution is -0.384. The van der Waals surface area contributed by atoms with Crippen LogP contribution in [0, 0.1) is 10.1 Å². The molecule has 0 radical (unpaired) electrons. The second-order valence-electron chi connectivity index (χ2n) is 4.54. The maximum Gasteiger partial charge on any atom is 0.276 e. The molecule has 0 saturated heterocycles. The number of nitro benzene ring substituents is 1. The Labute approximate surface area is 137 Å². The number of nitro groups is 1. The zero-order valence-corrected chi connectivity index (χ0v) is 13.2. The quantitative estimate of drug-likeness (QED) is 0.462. The van der Waals surface area contributed by atoms with Gasteiger partial charge in [0.2, 0.25) is 0 Å². The highest BCUT2D eigenvalue weighted by molar-refractivity contribution is 7.89. The van der Waals surface area contributed by atoms with E-state index in [2.05, 4.69) is 5.10 Å². The highest BCUT2D eigenvalue weighted by Gasteiger charge is 2.14. The number of methoxy groups -OCH3 is 1. The van der Waals surface area contributed by atoms with Crippen LogP contribution in [0.5, 0.6) is 11.5 Å². The van der Waals surface area contributed by atoms with Crippen LogP contribution in [-0.2, 0) is 10.0 Å². The molecule has 0 bridgehead atoms. The van der Waals surface area contributed by atoms with E-state index in [0.717, 1.165) is 24.3 Å². The number of sulfonamides is 1. The molecule has 0 fully saturated rings. The molecule has 0 aliphatic rings. The number of rotatable bonds is 6. The lowest BCUT2D eigenvalue weighted by atomic mass is 10.2. The van der Waals surface area contributed by atoms with Crippen LogP contribution in [0.25, 0.3) is 0 Å². The molecular weight excluding hydrogens is 338 g/mol. The molecule has 0 aliphatic carbocycles. The van der Waals surface area contributed by atoms with E-state index in [1.54, 1.807) is 0 Å². The first-order valence-corrected chi connectivity index (χ1v) is 7.98. The van der Waals surface area contributed by atoms with Crippen molar-refractivity contribution < 1.29 is 23.2 Å². The number of hydrogen-bond acceptors (Lipinski definition) is 7. The van der Waals surface area contributed by atoms with Crippen molar-refractivity contribution >= 4 is 21.9 Å². The summed E-state index contributed by atoms with van der Waals surface area (Å²) in [6.07, 6.45) is 1.23. The molecule has 0 spiro atoms. The fourth-order valence-corrected chi connectivity index (χ4v) is 2.54. The first kappa shape index (κ1) is 17.2. The summed E-state index contributed by atoms with van der Waals surface area (Å²) in [5.74, 6) is 0.165. The fourth-order valence-electron chi connectivity index (χ4n) is 1.74. The van der Waals surface area contributed by atoms with Gasteiger partial charge in [0.25, 0.3) is 15.7 Å². The van der Waals surface area contributed by atoms with Gasteiger partial charge in [-0.1, -0.05) is 0 Å². The Morgan fingerprint density at radius 2 is 1.92 bits per heavy atom. The van der Waals surface area contributed by atoms with Crippen molar-refractivity contribution in [2.45, 2.75) is 4.90 Å². The van der Waals surface area contributed by atoms with Crippen molar-refractivity contribution in [3.05, 3.63) is 58.1 Å². The van der Waals surface area contributed by atoms with E-state index in [0.29, 0.717) is 5.56 Å². The molecule has 0 unspecified atom stereocenters. The molecule has 126 valence electrons. The van der Waals surface area contributed by atoms with Crippen molar-refractivity contribution in [1.82, 2.24) is 4.83 Å². The minimum absolute atomic E-state index is 0.0545. The number of hydrogen-bond donors (Lipinski definition) is 2. The van der Waals surface area contributed by atoms with Crippen molar-refractivity contribution in [1.29, 1.82) is 0 Å². The largest absolute Gasteiger partial charge is 0.504 e. The number of phenols is 1. The number of ether oxygens (including phenoxy) is 1. The Bertz CT molecular complexity index is 878. The van der Waals surface area contributed by atoms with Crippen LogP contribution in [0.2, 0.25) is 0 Å². The molecule has 2 aromatic carbocycles. The average molecular weight is 351 g/mol. The van der Waals surface area contributed by atoms with Gasteiger partial charge < -0.3 is 9.84 Å². The van der Waals surface area contributed by atoms with Crippen molar-refractivity contribution in [3.63, 3.8) is 0 Å². The Hall–Kier alpha value is -3.14. The summed E-state index contributed by atoms with van der Waals surface area (Å²) < 4.78 is 29.0. The number of hydrazone groups is 1. The van der Waals surface area contributed by atoms with Crippen molar-refractivity contribution in [2.75, 3.05) is 7.11 Å². The van der Waals surface area contributed by atoms with E-state index in [9.17, 15) is 23.6 Å². The van der Waals surface area contributed by atoms with E-state index in [4.69, 9.17) is 4.74 Å². The van der Waals surface area contributed by atoms with Gasteiger partial charge in [0, 0.05) is 12.1 Å². The monoisotopic (exact) mass is 351 g/mol. The second kappa shape index (κ2) is 6.96. The highest BCUT2D eigenvalue weighted by Crippen LogP contribution is 2.25. The third kappa shape index (κ3) is 3.98. The molecule has 9 nitrogen and oxygen atoms in total. The zero-order valence-electron chi connectivity index (χ0n) is 12.4. The topological polar surface area (TPSA) is 131 Å². The van der Waals surface area contributed by atoms with Gasteiger partial charge in [0.15, 0.2) is 11.5 Å². The van der Waals surface area contributed by atoms with Gasteiger partial charge in [0.1, 0.15) is 0 Å². The van der Waals surface area contributed by atoms with Crippen LogP contribution < -0.4 is 9.57 Å². The Morgan fingerprint density at radius 3 is 2.50 bits per heavy atom. The van der Waals surface area contributed by atoms with Gasteiger partial charge in [-0.25, -0.2) is 4.83 Å². The average Bonchev–Trinajstić information content (AvgIpc) is 2.56. The molecule has 0 atom stereocenters. The summed E-state index contributed by atoms with van der Waals surface area (Å²) >= 11 is 0. The van der Waals surface area contributed by atoms with Crippen molar-refractivity contribution in [3.8, 4) is 11.5 Å². The number of benzene rings is 2. The number of aromatic hydroxyl groups is 1. The van der Waals surface area contributed by atoms with Gasteiger partial charge in [-0.15, -0.1) is 0 Å². The van der Waals surface area contributed by atoms with Gasteiger partial charge in [-0.2, -0.15) is 13.5 Å². The van der Waals surface area contributed by atoms with E-state index in [1.165, 1.54) is 31.5 Å². The Kier molecular flexibility index (Phi) is 4.99. The number of phenolic OH excluding ortho intramolecular Hbond substituents is 1. The molecule has 10 heteroatoms. The summed E-state index contributed by atoms with van der Waals surface area (Å²) in [6, 6.07) is 8.76. The summed E-state index contributed by atoms with van der Waals surface area (Å²) in [7, 11) is -2.57. The van der Waals surface area contributed by atoms with Crippen LogP contribution in [0.15, 0.2) is 52.5 Å². The van der Waals surface area contributed by atoms with Crippen molar-refractivity contribution in [2.24, 2.45) is 5.10 Å². The lowest BCUT2D eigenvalue weighted by Crippen LogP contribution is -2.18. The zero-order chi connectivity index (χ0) is 17.7. The van der Waals surface area contributed by atoms with Crippen LogP contribution in [-0.4, -0.2) is 31.8 Å². The lowest BCUT2D eigenvalue weighted by Gasteiger charge is -2.04. The predicted octanol–water partition coefficient (Wildman–Crippen LogP) is 1.62. The Morgan fingerprint density at radius 1 is 1.25 bits per heavy atom. The third-order valence-corrected chi connectivity index (χ3v) is 4.19. The SMILES string of the molecule is COc1cc(/C=N\NS(=O)(=O)c2ccc([N+](=O)[O-])cc2)ccc1O. The maximum atomic E-state index is 12.0. The predicted molar refractivity (Wildman–Crippen MR) is 85.7 cm³/mol. The first-order valence-electron chi connectivity index (χ1n) is 6.50. The van der Waals surface area contributed by atoms with Gasteiger partial charge in [-0.3, -0.25) is 10.1 Å². The molecule has 24 heavy (non-hydrogen) atoms. The van der Waals surface area contributed by atoms with Gasteiger partial charge in [-0.05, 0) is 35.9 Å². The smallest absolute Gasteiger partial charge is 0.276 e. The molecular formula is C14H13N3O6S.